The van der Waals surface area contributed by atoms with E-state index in [0.717, 1.165) is 12.8 Å². The molecule has 1 aliphatic heterocycles. The van der Waals surface area contributed by atoms with Crippen LogP contribution in [0.4, 0.5) is 0 Å². The van der Waals surface area contributed by atoms with Crippen molar-refractivity contribution in [1.29, 1.82) is 0 Å². The number of aryl methyl sites for hydroxylation is 1. The number of sulfonamides is 1. The third-order valence-corrected chi connectivity index (χ3v) is 6.54. The third-order valence-electron chi connectivity index (χ3n) is 4.16. The molecule has 1 aliphatic rings. The minimum Gasteiger partial charge on any atom is -0.337 e. The topological polar surface area (TPSA) is 62.8 Å². The number of halogens is 2. The van der Waals surface area contributed by atoms with Crippen LogP contribution in [0, 0.1) is 6.92 Å². The van der Waals surface area contributed by atoms with E-state index >= 15 is 0 Å². The van der Waals surface area contributed by atoms with Crippen LogP contribution in [-0.4, -0.2) is 25.5 Å². The van der Waals surface area contributed by atoms with Gasteiger partial charge in [0.25, 0.3) is 0 Å². The largest absolute Gasteiger partial charge is 0.337 e. The Hall–Kier alpha value is -0.330. The van der Waals surface area contributed by atoms with Gasteiger partial charge in [0.05, 0.1) is 26.0 Å². The van der Waals surface area contributed by atoms with E-state index in [1.807, 2.05) is 0 Å². The number of rotatable bonds is 3. The van der Waals surface area contributed by atoms with E-state index < -0.39 is 10.0 Å². The maximum absolute atomic E-state index is 12.8. The van der Waals surface area contributed by atoms with Crippen molar-refractivity contribution >= 4 is 33.2 Å². The molecule has 0 spiro atoms. The third kappa shape index (κ3) is 4.60. The number of quaternary nitrogens is 1. The summed E-state index contributed by atoms with van der Waals surface area (Å²) in [6, 6.07) is 2.90. The monoisotopic (exact) mass is 379 g/mol. The van der Waals surface area contributed by atoms with Crippen molar-refractivity contribution in [2.24, 2.45) is 0 Å². The summed E-state index contributed by atoms with van der Waals surface area (Å²) >= 11 is 11.9. The van der Waals surface area contributed by atoms with Crippen molar-refractivity contribution < 1.29 is 13.7 Å². The summed E-state index contributed by atoms with van der Waals surface area (Å²) in [6.07, 6.45) is 1.55. The van der Waals surface area contributed by atoms with E-state index in [4.69, 9.17) is 23.2 Å². The van der Waals surface area contributed by atoms with Gasteiger partial charge >= 0.3 is 0 Å². The molecule has 7 heteroatoms. The molecule has 0 atom stereocenters. The summed E-state index contributed by atoms with van der Waals surface area (Å²) in [5, 5.41) is 2.92. The fraction of sp³-hybridized carbons (Fsp3) is 0.625. The van der Waals surface area contributed by atoms with Crippen LogP contribution in [0.2, 0.25) is 10.0 Å². The highest BCUT2D eigenvalue weighted by Gasteiger charge is 2.43. The quantitative estimate of drug-likeness (QED) is 0.847. The van der Waals surface area contributed by atoms with Gasteiger partial charge in [-0.25, -0.2) is 13.1 Å². The van der Waals surface area contributed by atoms with Gasteiger partial charge in [-0.3, -0.25) is 0 Å². The Morgan fingerprint density at radius 1 is 1.09 bits per heavy atom. The van der Waals surface area contributed by atoms with Crippen molar-refractivity contribution in [2.45, 2.75) is 69.5 Å². The molecule has 1 aromatic carbocycles. The molecule has 1 heterocycles. The van der Waals surface area contributed by atoms with Crippen LogP contribution in [-0.2, 0) is 10.0 Å². The molecular formula is C16H25Cl2N2O2S+. The van der Waals surface area contributed by atoms with Gasteiger partial charge in [0, 0.05) is 18.9 Å². The lowest BCUT2D eigenvalue weighted by Gasteiger charge is -2.43. The number of hydrogen-bond acceptors (Lipinski definition) is 2. The predicted molar refractivity (Wildman–Crippen MR) is 94.6 cm³/mol. The van der Waals surface area contributed by atoms with E-state index in [1.54, 1.807) is 13.0 Å². The Morgan fingerprint density at radius 3 is 2.09 bits per heavy atom. The predicted octanol–water partition coefficient (Wildman–Crippen LogP) is 2.86. The molecule has 1 aromatic rings. The lowest BCUT2D eigenvalue weighted by molar-refractivity contribution is -0.787. The number of nitrogens with one attached hydrogen (secondary N) is 1. The Kier molecular flexibility index (Phi) is 5.11. The summed E-state index contributed by atoms with van der Waals surface area (Å²) in [7, 11) is -3.64. The van der Waals surface area contributed by atoms with Gasteiger partial charge in [-0.1, -0.05) is 23.2 Å². The van der Waals surface area contributed by atoms with Crippen molar-refractivity contribution in [3.8, 4) is 0 Å². The van der Waals surface area contributed by atoms with Crippen LogP contribution in [0.5, 0.6) is 0 Å². The van der Waals surface area contributed by atoms with Crippen LogP contribution in [0.1, 0.15) is 46.1 Å². The molecule has 0 unspecified atom stereocenters. The first-order chi connectivity index (χ1) is 10.3. The molecule has 0 saturated carbocycles. The summed E-state index contributed by atoms with van der Waals surface area (Å²) < 4.78 is 28.4. The molecular weight excluding hydrogens is 355 g/mol. The fourth-order valence-corrected chi connectivity index (χ4v) is 5.74. The molecule has 4 nitrogen and oxygen atoms in total. The summed E-state index contributed by atoms with van der Waals surface area (Å²) in [5.74, 6) is 0. The van der Waals surface area contributed by atoms with Crippen LogP contribution in [0.25, 0.3) is 0 Å². The van der Waals surface area contributed by atoms with Gasteiger partial charge in [0.2, 0.25) is 10.0 Å². The molecule has 23 heavy (non-hydrogen) atoms. The van der Waals surface area contributed by atoms with Gasteiger partial charge < -0.3 is 5.32 Å². The average Bonchev–Trinajstić information content (AvgIpc) is 2.28. The molecule has 1 fully saturated rings. The molecule has 0 aliphatic carbocycles. The molecule has 0 radical (unpaired) electrons. The second kappa shape index (κ2) is 6.19. The van der Waals surface area contributed by atoms with E-state index in [2.05, 4.69) is 37.7 Å². The van der Waals surface area contributed by atoms with Crippen LogP contribution in [0.3, 0.4) is 0 Å². The minimum atomic E-state index is -3.64. The van der Waals surface area contributed by atoms with E-state index in [9.17, 15) is 8.42 Å². The zero-order valence-electron chi connectivity index (χ0n) is 14.2. The first-order valence-electron chi connectivity index (χ1n) is 7.66. The maximum Gasteiger partial charge on any atom is 0.241 e. The Labute approximate surface area is 149 Å². The Balaban J connectivity index is 2.30. The van der Waals surface area contributed by atoms with Crippen LogP contribution in [0.15, 0.2) is 17.0 Å². The average molecular weight is 380 g/mol. The second-order valence-electron chi connectivity index (χ2n) is 7.88. The summed E-state index contributed by atoms with van der Waals surface area (Å²) in [6.45, 7) is 10.3. The highest BCUT2D eigenvalue weighted by molar-refractivity contribution is 7.89. The number of nitrogens with two attached hydrogens (primary N) is 1. The lowest BCUT2D eigenvalue weighted by atomic mass is 9.80. The maximum atomic E-state index is 12.8. The smallest absolute Gasteiger partial charge is 0.241 e. The molecule has 1 saturated heterocycles. The molecule has 0 aromatic heterocycles. The molecule has 2 rings (SSSR count). The number of benzene rings is 1. The highest BCUT2D eigenvalue weighted by Crippen LogP contribution is 2.29. The Bertz CT molecular complexity index is 699. The molecule has 130 valence electrons. The van der Waals surface area contributed by atoms with Crippen molar-refractivity contribution in [1.82, 2.24) is 4.72 Å². The first-order valence-corrected chi connectivity index (χ1v) is 9.90. The minimum absolute atomic E-state index is 0.0123. The van der Waals surface area contributed by atoms with E-state index in [0.29, 0.717) is 10.6 Å². The fourth-order valence-electron chi connectivity index (χ4n) is 3.80. The standard InChI is InChI=1S/C16H24Cl2N2O2S/c1-10-6-12(17)13(18)7-14(10)23(21,22)19-11-8-15(2,3)20-16(4,5)9-11/h6-7,11,19-20H,8-9H2,1-5H3/p+1. The molecule has 3 N–H and O–H groups in total. The number of piperidine rings is 1. The van der Waals surface area contributed by atoms with E-state index in [-0.39, 0.29) is 27.0 Å². The highest BCUT2D eigenvalue weighted by atomic mass is 35.5. The van der Waals surface area contributed by atoms with Crippen LogP contribution >= 0.6 is 23.2 Å². The van der Waals surface area contributed by atoms with Crippen molar-refractivity contribution in [2.75, 3.05) is 0 Å². The Morgan fingerprint density at radius 2 is 1.57 bits per heavy atom. The van der Waals surface area contributed by atoms with Gasteiger partial charge in [-0.15, -0.1) is 0 Å². The molecule has 0 bridgehead atoms. The van der Waals surface area contributed by atoms with Crippen molar-refractivity contribution in [3.05, 3.63) is 27.7 Å². The first kappa shape index (κ1) is 19.0. The normalized spacial score (nSPS) is 21.3. The van der Waals surface area contributed by atoms with Gasteiger partial charge in [0.15, 0.2) is 0 Å². The van der Waals surface area contributed by atoms with Gasteiger partial charge in [0.1, 0.15) is 0 Å². The van der Waals surface area contributed by atoms with E-state index in [1.165, 1.54) is 6.07 Å². The summed E-state index contributed by atoms with van der Waals surface area (Å²) in [4.78, 5) is 0.192. The zero-order valence-corrected chi connectivity index (χ0v) is 16.5. The molecule has 0 amide bonds. The lowest BCUT2D eigenvalue weighted by Crippen LogP contribution is -3.06. The zero-order chi connectivity index (χ0) is 17.6. The van der Waals surface area contributed by atoms with Crippen molar-refractivity contribution in [3.63, 3.8) is 0 Å². The van der Waals surface area contributed by atoms with Crippen LogP contribution < -0.4 is 10.0 Å². The summed E-state index contributed by atoms with van der Waals surface area (Å²) in [5.41, 5.74) is 0.566. The second-order valence-corrected chi connectivity index (χ2v) is 10.4. The SMILES string of the molecule is Cc1cc(Cl)c(Cl)cc1S(=O)(=O)NC1CC(C)(C)[NH2+]C(C)(C)C1. The number of hydrogen-bond donors (Lipinski definition) is 2. The van der Waals surface area contributed by atoms with Gasteiger partial charge in [-0.05, 0) is 52.3 Å². The van der Waals surface area contributed by atoms with Gasteiger partial charge in [-0.2, -0.15) is 0 Å².